The second kappa shape index (κ2) is 6.13. The van der Waals surface area contributed by atoms with Gasteiger partial charge >= 0.3 is 6.09 Å². The first-order valence-corrected chi connectivity index (χ1v) is 8.49. The van der Waals surface area contributed by atoms with Gasteiger partial charge in [-0.1, -0.05) is 24.3 Å². The summed E-state index contributed by atoms with van der Waals surface area (Å²) in [6.45, 7) is 0.801. The number of likely N-dealkylation sites (N-methyl/N-ethyl adjacent to an activating group) is 1. The molecule has 1 fully saturated rings. The van der Waals surface area contributed by atoms with Gasteiger partial charge in [-0.2, -0.15) is 0 Å². The minimum atomic E-state index is -0.291. The molecule has 1 unspecified atom stereocenters. The first-order valence-electron chi connectivity index (χ1n) is 7.67. The van der Waals surface area contributed by atoms with Crippen molar-refractivity contribution in [3.05, 3.63) is 59.1 Å². The maximum Gasteiger partial charge on any atom is 0.410 e. The number of carbonyl (C=O) groups is 1. The van der Waals surface area contributed by atoms with E-state index in [1.165, 1.54) is 0 Å². The maximum absolute atomic E-state index is 11.5. The summed E-state index contributed by atoms with van der Waals surface area (Å²) in [6, 6.07) is 15.8. The second-order valence-electron chi connectivity index (χ2n) is 5.64. The third kappa shape index (κ3) is 2.80. The molecule has 1 aliphatic heterocycles. The Morgan fingerprint density at radius 2 is 2.17 bits per heavy atom. The lowest BCUT2D eigenvalue weighted by molar-refractivity contribution is 0.163. The number of thiazole rings is 1. The molecule has 0 spiro atoms. The van der Waals surface area contributed by atoms with Crippen molar-refractivity contribution in [1.29, 1.82) is 0 Å². The summed E-state index contributed by atoms with van der Waals surface area (Å²) in [5.74, 6) is 0.763. The van der Waals surface area contributed by atoms with Crippen LogP contribution in [0.3, 0.4) is 0 Å². The molecule has 1 saturated heterocycles. The van der Waals surface area contributed by atoms with Crippen LogP contribution in [-0.4, -0.2) is 29.6 Å². The van der Waals surface area contributed by atoms with E-state index in [9.17, 15) is 4.79 Å². The van der Waals surface area contributed by atoms with Crippen LogP contribution < -0.4 is 4.74 Å². The van der Waals surface area contributed by atoms with E-state index in [2.05, 4.69) is 11.1 Å². The highest BCUT2D eigenvalue weighted by molar-refractivity contribution is 7.18. The summed E-state index contributed by atoms with van der Waals surface area (Å²) in [6.07, 6.45) is -0.291. The minimum absolute atomic E-state index is 0.0662. The quantitative estimate of drug-likeness (QED) is 0.720. The van der Waals surface area contributed by atoms with E-state index in [-0.39, 0.29) is 12.1 Å². The highest BCUT2D eigenvalue weighted by atomic mass is 32.1. The number of para-hydroxylation sites is 1. The molecular weight excluding hydrogens is 324 g/mol. The smallest absolute Gasteiger partial charge is 0.410 e. The van der Waals surface area contributed by atoms with Crippen molar-refractivity contribution < 1.29 is 14.3 Å². The van der Waals surface area contributed by atoms with Crippen LogP contribution >= 0.6 is 11.3 Å². The van der Waals surface area contributed by atoms with Crippen LogP contribution in [0.15, 0.2) is 48.5 Å². The summed E-state index contributed by atoms with van der Waals surface area (Å²) in [7, 11) is 1.74. The molecule has 0 saturated carbocycles. The molecule has 1 atom stereocenters. The highest BCUT2D eigenvalue weighted by Crippen LogP contribution is 2.29. The minimum Gasteiger partial charge on any atom is -0.486 e. The van der Waals surface area contributed by atoms with Crippen molar-refractivity contribution in [3.63, 3.8) is 0 Å². The van der Waals surface area contributed by atoms with E-state index >= 15 is 0 Å². The predicted octanol–water partition coefficient (Wildman–Crippen LogP) is 4.00. The van der Waals surface area contributed by atoms with Gasteiger partial charge < -0.3 is 14.4 Å². The molecule has 4 rings (SSSR count). The lowest BCUT2D eigenvalue weighted by Gasteiger charge is -2.17. The van der Waals surface area contributed by atoms with Crippen LogP contribution in [0.5, 0.6) is 5.75 Å². The Labute approximate surface area is 143 Å². The van der Waals surface area contributed by atoms with E-state index in [4.69, 9.17) is 9.47 Å². The molecule has 6 heteroatoms. The summed E-state index contributed by atoms with van der Waals surface area (Å²) < 4.78 is 12.1. The van der Waals surface area contributed by atoms with E-state index < -0.39 is 0 Å². The average Bonchev–Trinajstić information content (AvgIpc) is 3.17. The van der Waals surface area contributed by atoms with Crippen molar-refractivity contribution in [2.75, 3.05) is 13.7 Å². The number of amides is 1. The molecule has 5 nitrogen and oxygen atoms in total. The molecule has 0 radical (unpaired) electrons. The predicted molar refractivity (Wildman–Crippen MR) is 92.2 cm³/mol. The van der Waals surface area contributed by atoms with Gasteiger partial charge in [0, 0.05) is 7.05 Å². The molecule has 0 bridgehead atoms. The summed E-state index contributed by atoms with van der Waals surface area (Å²) in [4.78, 5) is 17.7. The Morgan fingerprint density at radius 3 is 2.96 bits per heavy atom. The Hall–Kier alpha value is -2.60. The van der Waals surface area contributed by atoms with Crippen molar-refractivity contribution in [2.45, 2.75) is 12.6 Å². The maximum atomic E-state index is 11.5. The standard InChI is InChI=1S/C18H16N2O3S/c1-20-15(10-23-18(20)21)12-5-4-6-13(9-12)22-11-17-19-14-7-2-3-8-16(14)24-17/h2-9,15H,10-11H2,1H3. The van der Waals surface area contributed by atoms with Crippen molar-refractivity contribution >= 4 is 27.6 Å². The van der Waals surface area contributed by atoms with E-state index in [0.29, 0.717) is 13.2 Å². The SMILES string of the molecule is CN1C(=O)OCC1c1cccc(OCc2nc3ccccc3s2)c1. The van der Waals surface area contributed by atoms with Gasteiger partial charge in [0.2, 0.25) is 0 Å². The Kier molecular flexibility index (Phi) is 3.82. The normalized spacial score (nSPS) is 17.3. The second-order valence-corrected chi connectivity index (χ2v) is 6.76. The lowest BCUT2D eigenvalue weighted by Crippen LogP contribution is -2.22. The third-order valence-corrected chi connectivity index (χ3v) is 5.07. The van der Waals surface area contributed by atoms with E-state index in [0.717, 1.165) is 26.5 Å². The van der Waals surface area contributed by atoms with Gasteiger partial charge in [0.15, 0.2) is 0 Å². The number of carbonyl (C=O) groups excluding carboxylic acids is 1. The number of rotatable bonds is 4. The lowest BCUT2D eigenvalue weighted by atomic mass is 10.1. The molecule has 122 valence electrons. The topological polar surface area (TPSA) is 51.7 Å². The van der Waals surface area contributed by atoms with Crippen LogP contribution in [0.4, 0.5) is 4.79 Å². The number of benzene rings is 2. The van der Waals surface area contributed by atoms with E-state index in [1.807, 2.05) is 42.5 Å². The van der Waals surface area contributed by atoms with Crippen molar-refractivity contribution in [3.8, 4) is 5.75 Å². The summed E-state index contributed by atoms with van der Waals surface area (Å²) in [5, 5.41) is 0.943. The molecule has 1 amide bonds. The highest BCUT2D eigenvalue weighted by Gasteiger charge is 2.30. The fraction of sp³-hybridized carbons (Fsp3) is 0.222. The van der Waals surface area contributed by atoms with Crippen LogP contribution in [0, 0.1) is 0 Å². The molecule has 2 heterocycles. The number of hydrogen-bond acceptors (Lipinski definition) is 5. The molecule has 1 aromatic heterocycles. The zero-order valence-corrected chi connectivity index (χ0v) is 14.0. The molecule has 2 aromatic carbocycles. The van der Waals surface area contributed by atoms with Gasteiger partial charge in [-0.3, -0.25) is 0 Å². The van der Waals surface area contributed by atoms with Gasteiger partial charge in [0.25, 0.3) is 0 Å². The first-order chi connectivity index (χ1) is 11.7. The van der Waals surface area contributed by atoms with Gasteiger partial charge in [0.1, 0.15) is 24.0 Å². The number of aromatic nitrogens is 1. The number of hydrogen-bond donors (Lipinski definition) is 0. The van der Waals surface area contributed by atoms with Crippen molar-refractivity contribution in [2.24, 2.45) is 0 Å². The van der Waals surface area contributed by atoms with Crippen LogP contribution in [-0.2, 0) is 11.3 Å². The number of ether oxygens (including phenoxy) is 2. The summed E-state index contributed by atoms with van der Waals surface area (Å²) >= 11 is 1.64. The molecular formula is C18H16N2O3S. The van der Waals surface area contributed by atoms with Gasteiger partial charge in [0.05, 0.1) is 16.3 Å². The zero-order valence-electron chi connectivity index (χ0n) is 13.1. The number of fused-ring (bicyclic) bond motifs is 1. The zero-order chi connectivity index (χ0) is 16.5. The van der Waals surface area contributed by atoms with Crippen LogP contribution in [0.25, 0.3) is 10.2 Å². The molecule has 0 aliphatic carbocycles. The molecule has 0 N–H and O–H groups in total. The fourth-order valence-electron chi connectivity index (χ4n) is 2.75. The fourth-order valence-corrected chi connectivity index (χ4v) is 3.63. The third-order valence-electron chi connectivity index (χ3n) is 4.06. The largest absolute Gasteiger partial charge is 0.486 e. The Bertz CT molecular complexity index is 860. The van der Waals surface area contributed by atoms with Crippen LogP contribution in [0.2, 0.25) is 0 Å². The Balaban J connectivity index is 1.49. The van der Waals surface area contributed by atoms with Gasteiger partial charge in [-0.15, -0.1) is 11.3 Å². The van der Waals surface area contributed by atoms with Gasteiger partial charge in [-0.25, -0.2) is 9.78 Å². The monoisotopic (exact) mass is 340 g/mol. The summed E-state index contributed by atoms with van der Waals surface area (Å²) in [5.41, 5.74) is 2.00. The van der Waals surface area contributed by atoms with Crippen LogP contribution in [0.1, 0.15) is 16.6 Å². The molecule has 24 heavy (non-hydrogen) atoms. The number of nitrogens with zero attached hydrogens (tertiary/aromatic N) is 2. The Morgan fingerprint density at radius 1 is 1.29 bits per heavy atom. The average molecular weight is 340 g/mol. The number of cyclic esters (lactones) is 1. The molecule has 1 aliphatic rings. The van der Waals surface area contributed by atoms with E-state index in [1.54, 1.807) is 23.3 Å². The first kappa shape index (κ1) is 15.0. The molecule has 3 aromatic rings. The van der Waals surface area contributed by atoms with Gasteiger partial charge in [-0.05, 0) is 29.8 Å². The van der Waals surface area contributed by atoms with Crippen molar-refractivity contribution in [1.82, 2.24) is 9.88 Å².